The van der Waals surface area contributed by atoms with E-state index in [-0.39, 0.29) is 0 Å². The van der Waals surface area contributed by atoms with Gasteiger partial charge in [-0.3, -0.25) is 0 Å². The minimum atomic E-state index is 0.323. The summed E-state index contributed by atoms with van der Waals surface area (Å²) in [5.41, 5.74) is 1.08. The predicted octanol–water partition coefficient (Wildman–Crippen LogP) is 1.49. The first-order valence-corrected chi connectivity index (χ1v) is 3.28. The molecule has 1 rings (SSSR count). The number of alkyl halides is 1. The maximum Gasteiger partial charge on any atom is 0.0406 e. The van der Waals surface area contributed by atoms with Crippen molar-refractivity contribution in [1.29, 1.82) is 0 Å². The lowest BCUT2D eigenvalue weighted by Gasteiger charge is -2.19. The van der Waals surface area contributed by atoms with Crippen LogP contribution in [0.1, 0.15) is 12.8 Å². The molecule has 0 bridgehead atoms. The number of rotatable bonds is 0. The summed E-state index contributed by atoms with van der Waals surface area (Å²) in [6, 6.07) is 0. The van der Waals surface area contributed by atoms with Crippen LogP contribution in [0, 0.1) is 0 Å². The zero-order valence-corrected chi connectivity index (χ0v) is 5.54. The van der Waals surface area contributed by atoms with Crippen molar-refractivity contribution in [2.75, 3.05) is 6.54 Å². The van der Waals surface area contributed by atoms with Crippen LogP contribution < -0.4 is 5.32 Å². The molecule has 0 saturated carbocycles. The van der Waals surface area contributed by atoms with Crippen LogP contribution in [0.5, 0.6) is 0 Å². The van der Waals surface area contributed by atoms with Gasteiger partial charge in [0, 0.05) is 24.0 Å². The van der Waals surface area contributed by atoms with Crippen molar-refractivity contribution in [3.8, 4) is 0 Å². The molecule has 1 N–H and O–H groups in total. The lowest BCUT2D eigenvalue weighted by Crippen LogP contribution is -2.25. The Morgan fingerprint density at radius 1 is 1.75 bits per heavy atom. The second kappa shape index (κ2) is 2.40. The molecular weight excluding hydrogens is 122 g/mol. The SMILES string of the molecule is C=C1C[C@@H](Cl)CCN1. The number of hydrogen-bond donors (Lipinski definition) is 1. The highest BCUT2D eigenvalue weighted by Crippen LogP contribution is 2.14. The summed E-state index contributed by atoms with van der Waals surface area (Å²) in [5, 5.41) is 3.46. The third-order valence-corrected chi connectivity index (χ3v) is 1.67. The Kier molecular flexibility index (Phi) is 1.79. The van der Waals surface area contributed by atoms with Gasteiger partial charge in [-0.15, -0.1) is 11.6 Å². The topological polar surface area (TPSA) is 12.0 Å². The highest BCUT2D eigenvalue weighted by Gasteiger charge is 2.10. The smallest absolute Gasteiger partial charge is 0.0406 e. The van der Waals surface area contributed by atoms with Crippen molar-refractivity contribution in [2.24, 2.45) is 0 Å². The molecule has 1 saturated heterocycles. The van der Waals surface area contributed by atoms with E-state index >= 15 is 0 Å². The minimum Gasteiger partial charge on any atom is -0.389 e. The van der Waals surface area contributed by atoms with E-state index in [1.165, 1.54) is 0 Å². The summed E-state index contributed by atoms with van der Waals surface area (Å²) in [7, 11) is 0. The molecule has 1 nitrogen and oxygen atoms in total. The number of nitrogens with one attached hydrogen (secondary N) is 1. The Morgan fingerprint density at radius 2 is 2.50 bits per heavy atom. The van der Waals surface area contributed by atoms with Gasteiger partial charge >= 0.3 is 0 Å². The van der Waals surface area contributed by atoms with Gasteiger partial charge in [0.15, 0.2) is 0 Å². The largest absolute Gasteiger partial charge is 0.389 e. The van der Waals surface area contributed by atoms with Crippen LogP contribution >= 0.6 is 11.6 Å². The first-order valence-electron chi connectivity index (χ1n) is 2.85. The van der Waals surface area contributed by atoms with Crippen LogP contribution in [0.15, 0.2) is 12.3 Å². The van der Waals surface area contributed by atoms with Crippen LogP contribution in [0.3, 0.4) is 0 Å². The van der Waals surface area contributed by atoms with Crippen molar-refractivity contribution in [3.05, 3.63) is 12.3 Å². The van der Waals surface area contributed by atoms with Crippen molar-refractivity contribution in [3.63, 3.8) is 0 Å². The summed E-state index contributed by atoms with van der Waals surface area (Å²) in [6.07, 6.45) is 2.00. The second-order valence-electron chi connectivity index (χ2n) is 2.12. The highest BCUT2D eigenvalue weighted by atomic mass is 35.5. The zero-order valence-electron chi connectivity index (χ0n) is 4.78. The maximum absolute atomic E-state index is 5.81. The van der Waals surface area contributed by atoms with Crippen molar-refractivity contribution >= 4 is 11.6 Å². The van der Waals surface area contributed by atoms with Crippen molar-refractivity contribution in [1.82, 2.24) is 5.32 Å². The van der Waals surface area contributed by atoms with E-state index in [0.717, 1.165) is 25.1 Å². The van der Waals surface area contributed by atoms with Crippen LogP contribution in [0.4, 0.5) is 0 Å². The van der Waals surface area contributed by atoms with Crippen molar-refractivity contribution in [2.45, 2.75) is 18.2 Å². The molecule has 0 unspecified atom stereocenters. The van der Waals surface area contributed by atoms with E-state index in [4.69, 9.17) is 11.6 Å². The van der Waals surface area contributed by atoms with Gasteiger partial charge in [0.25, 0.3) is 0 Å². The van der Waals surface area contributed by atoms with Crippen LogP contribution in [-0.4, -0.2) is 11.9 Å². The van der Waals surface area contributed by atoms with E-state index in [1.807, 2.05) is 0 Å². The average Bonchev–Trinajstić information content (AvgIpc) is 1.64. The molecule has 2 heteroatoms. The van der Waals surface area contributed by atoms with Gasteiger partial charge in [0.05, 0.1) is 0 Å². The molecule has 0 aromatic rings. The summed E-state index contributed by atoms with van der Waals surface area (Å²) < 4.78 is 0. The van der Waals surface area contributed by atoms with Crippen LogP contribution in [-0.2, 0) is 0 Å². The standard InChI is InChI=1S/C6H10ClN/c1-5-4-6(7)2-3-8-5/h6,8H,1-4H2/t6-/m0/s1. The molecule has 0 radical (unpaired) electrons. The molecule has 8 heavy (non-hydrogen) atoms. The zero-order chi connectivity index (χ0) is 5.98. The van der Waals surface area contributed by atoms with Gasteiger partial charge in [0.2, 0.25) is 0 Å². The third kappa shape index (κ3) is 1.41. The number of piperidine rings is 1. The molecule has 0 spiro atoms. The average molecular weight is 132 g/mol. The fourth-order valence-electron chi connectivity index (χ4n) is 0.847. The van der Waals surface area contributed by atoms with Crippen LogP contribution in [0.25, 0.3) is 0 Å². The first-order chi connectivity index (χ1) is 3.79. The Bertz CT molecular complexity index is 101. The number of halogens is 1. The van der Waals surface area contributed by atoms with Crippen molar-refractivity contribution < 1.29 is 0 Å². The first kappa shape index (κ1) is 5.96. The fourth-order valence-corrected chi connectivity index (χ4v) is 1.14. The predicted molar refractivity (Wildman–Crippen MR) is 36.0 cm³/mol. The van der Waals surface area contributed by atoms with Gasteiger partial charge < -0.3 is 5.32 Å². The second-order valence-corrected chi connectivity index (χ2v) is 2.74. The quantitative estimate of drug-likeness (QED) is 0.492. The molecule has 0 aromatic heterocycles. The minimum absolute atomic E-state index is 0.323. The van der Waals surface area contributed by atoms with E-state index in [0.29, 0.717) is 5.38 Å². The van der Waals surface area contributed by atoms with Gasteiger partial charge in [-0.25, -0.2) is 0 Å². The molecule has 0 aliphatic carbocycles. The summed E-state index contributed by atoms with van der Waals surface area (Å²) >= 11 is 5.81. The molecular formula is C6H10ClN. The number of hydrogen-bond acceptors (Lipinski definition) is 1. The summed E-state index contributed by atoms with van der Waals surface area (Å²) in [4.78, 5) is 0. The number of allylic oxidation sites excluding steroid dienone is 1. The molecule has 1 aliphatic heterocycles. The Labute approximate surface area is 54.7 Å². The summed E-state index contributed by atoms with van der Waals surface area (Å²) in [5.74, 6) is 0. The van der Waals surface area contributed by atoms with E-state index in [9.17, 15) is 0 Å². The molecule has 1 atom stereocenters. The molecule has 0 amide bonds. The molecule has 46 valence electrons. The van der Waals surface area contributed by atoms with Crippen LogP contribution in [0.2, 0.25) is 0 Å². The molecule has 1 fully saturated rings. The fraction of sp³-hybridized carbons (Fsp3) is 0.667. The molecule has 1 aliphatic rings. The van der Waals surface area contributed by atoms with Gasteiger partial charge in [0.1, 0.15) is 0 Å². The van der Waals surface area contributed by atoms with Gasteiger partial charge in [-0.1, -0.05) is 6.58 Å². The lowest BCUT2D eigenvalue weighted by molar-refractivity contribution is 0.597. The van der Waals surface area contributed by atoms with Gasteiger partial charge in [-0.2, -0.15) is 0 Å². The highest BCUT2D eigenvalue weighted by molar-refractivity contribution is 6.20. The van der Waals surface area contributed by atoms with E-state index in [1.54, 1.807) is 0 Å². The normalized spacial score (nSPS) is 29.6. The van der Waals surface area contributed by atoms with E-state index in [2.05, 4.69) is 11.9 Å². The van der Waals surface area contributed by atoms with Gasteiger partial charge in [-0.05, 0) is 6.42 Å². The lowest BCUT2D eigenvalue weighted by atomic mass is 10.1. The molecule has 0 aromatic carbocycles. The maximum atomic E-state index is 5.81. The summed E-state index contributed by atoms with van der Waals surface area (Å²) in [6.45, 7) is 4.76. The third-order valence-electron chi connectivity index (χ3n) is 1.30. The Balaban J connectivity index is 2.34. The Hall–Kier alpha value is -0.170. The molecule has 1 heterocycles. The van der Waals surface area contributed by atoms with E-state index < -0.39 is 0 Å². The monoisotopic (exact) mass is 131 g/mol. The Morgan fingerprint density at radius 3 is 2.88 bits per heavy atom.